The summed E-state index contributed by atoms with van der Waals surface area (Å²) in [6.45, 7) is 8.88. The monoisotopic (exact) mass is 442 g/mol. The maximum absolute atomic E-state index is 10.1. The number of hydrogen-bond acceptors (Lipinski definition) is 3. The van der Waals surface area contributed by atoms with Crippen LogP contribution in [0.3, 0.4) is 0 Å². The second-order valence-corrected chi connectivity index (χ2v) is 9.02. The first kappa shape index (κ1) is 32.7. The molecule has 0 saturated heterocycles. The van der Waals surface area contributed by atoms with Crippen LogP contribution >= 0.6 is 7.82 Å². The number of carboxylic acid groups (broad SMARTS) is 2. The van der Waals surface area contributed by atoms with Gasteiger partial charge in [0.2, 0.25) is 0 Å². The van der Waals surface area contributed by atoms with Gasteiger partial charge < -0.3 is 24.9 Å². The minimum Gasteiger partial charge on any atom is -0.481 e. The number of carbonyl (C=O) groups is 2. The molecule has 8 nitrogen and oxygen atoms in total. The van der Waals surface area contributed by atoms with Gasteiger partial charge in [-0.1, -0.05) is 79.1 Å². The molecule has 0 saturated carbocycles. The predicted octanol–water partition coefficient (Wildman–Crippen LogP) is 5.21. The van der Waals surface area contributed by atoms with Crippen molar-refractivity contribution < 1.29 is 39.0 Å². The van der Waals surface area contributed by atoms with Crippen LogP contribution in [0.25, 0.3) is 0 Å². The Kier molecular flexibility index (Phi) is 24.5. The van der Waals surface area contributed by atoms with Gasteiger partial charge in [0.25, 0.3) is 0 Å². The number of carboxylic acids is 2. The average molecular weight is 443 g/mol. The third kappa shape index (κ3) is 58.4. The summed E-state index contributed by atoms with van der Waals surface area (Å²) in [7, 11) is -4.64. The third-order valence-corrected chi connectivity index (χ3v) is 3.84. The molecular weight excluding hydrogens is 399 g/mol. The van der Waals surface area contributed by atoms with Crippen molar-refractivity contribution in [2.24, 2.45) is 11.8 Å². The van der Waals surface area contributed by atoms with Crippen LogP contribution in [0.4, 0.5) is 0 Å². The second kappa shape index (κ2) is 21.8. The van der Waals surface area contributed by atoms with Crippen LogP contribution in [-0.4, -0.2) is 36.8 Å². The highest BCUT2D eigenvalue weighted by atomic mass is 31.2. The summed E-state index contributed by atoms with van der Waals surface area (Å²) >= 11 is 0. The number of hydrogen-bond donors (Lipinski definition) is 5. The fraction of sp³-hybridized carbons (Fsp3) is 0.900. The van der Waals surface area contributed by atoms with Gasteiger partial charge in [-0.15, -0.1) is 0 Å². The molecule has 0 radical (unpaired) electrons. The average Bonchev–Trinajstić information content (AvgIpc) is 2.52. The van der Waals surface area contributed by atoms with Gasteiger partial charge in [0.05, 0.1) is 0 Å². The van der Waals surface area contributed by atoms with Gasteiger partial charge in [0.15, 0.2) is 0 Å². The zero-order valence-corrected chi connectivity index (χ0v) is 19.4. The van der Waals surface area contributed by atoms with Gasteiger partial charge in [-0.3, -0.25) is 9.59 Å². The highest BCUT2D eigenvalue weighted by Crippen LogP contribution is 2.25. The second-order valence-electron chi connectivity index (χ2n) is 7.99. The van der Waals surface area contributed by atoms with Gasteiger partial charge in [0.1, 0.15) is 0 Å². The Hall–Kier alpha value is -0.950. The molecule has 0 aliphatic heterocycles. The van der Waals surface area contributed by atoms with E-state index in [1.165, 1.54) is 38.5 Å². The Bertz CT molecular complexity index is 394. The van der Waals surface area contributed by atoms with Crippen LogP contribution in [-0.2, 0) is 14.2 Å². The number of rotatable bonds is 14. The van der Waals surface area contributed by atoms with Crippen LogP contribution in [0.1, 0.15) is 105 Å². The molecule has 0 atom stereocenters. The Labute approximate surface area is 176 Å². The molecule has 29 heavy (non-hydrogen) atoms. The zero-order valence-electron chi connectivity index (χ0n) is 18.5. The van der Waals surface area contributed by atoms with Gasteiger partial charge in [0, 0.05) is 12.8 Å². The van der Waals surface area contributed by atoms with Crippen molar-refractivity contribution in [2.45, 2.75) is 105 Å². The molecule has 0 amide bonds. The Morgan fingerprint density at radius 1 is 0.621 bits per heavy atom. The summed E-state index contributed by atoms with van der Waals surface area (Å²) in [6.07, 6.45) is 11.9. The normalized spacial score (nSPS) is 10.8. The summed E-state index contributed by atoms with van der Waals surface area (Å²) in [5.41, 5.74) is 0. The molecular formula is C20H43O8P. The molecule has 0 rings (SSSR count). The van der Waals surface area contributed by atoms with Crippen LogP contribution in [0.15, 0.2) is 0 Å². The maximum Gasteiger partial charge on any atom is 0.466 e. The van der Waals surface area contributed by atoms with E-state index in [2.05, 4.69) is 27.7 Å². The minimum absolute atomic E-state index is 0.335. The quantitative estimate of drug-likeness (QED) is 0.182. The molecule has 0 aromatic heterocycles. The van der Waals surface area contributed by atoms with Crippen LogP contribution in [0.2, 0.25) is 0 Å². The molecule has 0 unspecified atom stereocenters. The summed E-state index contributed by atoms with van der Waals surface area (Å²) in [4.78, 5) is 41.8. The number of phosphoric acid groups is 1. The molecule has 0 bridgehead atoms. The van der Waals surface area contributed by atoms with E-state index in [0.29, 0.717) is 12.8 Å². The van der Waals surface area contributed by atoms with E-state index in [1.807, 2.05) is 0 Å². The van der Waals surface area contributed by atoms with Crippen LogP contribution in [0.5, 0.6) is 0 Å². The molecule has 0 aliphatic rings. The van der Waals surface area contributed by atoms with Crippen molar-refractivity contribution >= 4 is 19.8 Å². The molecule has 0 aromatic carbocycles. The summed E-state index contributed by atoms with van der Waals surface area (Å²) < 4.78 is 8.88. The van der Waals surface area contributed by atoms with E-state index < -0.39 is 19.8 Å². The lowest BCUT2D eigenvalue weighted by Gasteiger charge is -2.02. The molecule has 9 heteroatoms. The molecule has 0 aromatic rings. The third-order valence-electron chi connectivity index (χ3n) is 3.84. The fourth-order valence-electron chi connectivity index (χ4n) is 2.36. The summed E-state index contributed by atoms with van der Waals surface area (Å²) in [5, 5.41) is 16.7. The fourth-order valence-corrected chi connectivity index (χ4v) is 2.36. The molecule has 0 fully saturated rings. The van der Waals surface area contributed by atoms with E-state index in [0.717, 1.165) is 37.5 Å². The van der Waals surface area contributed by atoms with Crippen molar-refractivity contribution in [3.8, 4) is 0 Å². The first-order valence-electron chi connectivity index (χ1n) is 10.5. The van der Waals surface area contributed by atoms with Crippen LogP contribution < -0.4 is 0 Å². The van der Waals surface area contributed by atoms with Crippen molar-refractivity contribution in [3.05, 3.63) is 0 Å². The van der Waals surface area contributed by atoms with Gasteiger partial charge in [-0.2, -0.15) is 0 Å². The Balaban J connectivity index is -0.000000380. The Morgan fingerprint density at radius 3 is 1.07 bits per heavy atom. The lowest BCUT2D eigenvalue weighted by atomic mass is 10.0. The van der Waals surface area contributed by atoms with E-state index >= 15 is 0 Å². The van der Waals surface area contributed by atoms with E-state index in [4.69, 9.17) is 29.5 Å². The number of aliphatic carboxylic acids is 2. The summed E-state index contributed by atoms with van der Waals surface area (Å²) in [6, 6.07) is 0. The number of unbranched alkanes of at least 4 members (excludes halogenated alkanes) is 6. The van der Waals surface area contributed by atoms with E-state index in [1.54, 1.807) is 0 Å². The van der Waals surface area contributed by atoms with Crippen molar-refractivity contribution in [2.75, 3.05) is 0 Å². The smallest absolute Gasteiger partial charge is 0.466 e. The van der Waals surface area contributed by atoms with Crippen molar-refractivity contribution in [1.29, 1.82) is 0 Å². The molecule has 5 N–H and O–H groups in total. The molecule has 0 spiro atoms. The van der Waals surface area contributed by atoms with Crippen molar-refractivity contribution in [3.63, 3.8) is 0 Å². The highest BCUT2D eigenvalue weighted by molar-refractivity contribution is 7.45. The lowest BCUT2D eigenvalue weighted by molar-refractivity contribution is -0.138. The zero-order chi connectivity index (χ0) is 23.3. The lowest BCUT2D eigenvalue weighted by Crippen LogP contribution is -1.94. The van der Waals surface area contributed by atoms with Crippen LogP contribution in [0, 0.1) is 11.8 Å². The molecule has 176 valence electrons. The Morgan fingerprint density at radius 2 is 0.862 bits per heavy atom. The topological polar surface area (TPSA) is 152 Å². The van der Waals surface area contributed by atoms with Crippen molar-refractivity contribution in [1.82, 2.24) is 0 Å². The first-order chi connectivity index (χ1) is 13.3. The standard InChI is InChI=1S/2C10H20O2.H3O4P/c2*1-9(2)7-5-3-4-6-8-10(11)12;1-5(2,3)4/h2*9H,3-8H2,1-2H3,(H,11,12);(H3,1,2,3,4). The first-order valence-corrected chi connectivity index (χ1v) is 12.0. The maximum atomic E-state index is 10.1. The minimum atomic E-state index is -4.64. The molecule has 0 heterocycles. The SMILES string of the molecule is CC(C)CCCCCCC(=O)O.CC(C)CCCCCCC(=O)O.O=P(O)(O)O. The van der Waals surface area contributed by atoms with E-state index in [9.17, 15) is 9.59 Å². The van der Waals surface area contributed by atoms with E-state index in [-0.39, 0.29) is 0 Å². The van der Waals surface area contributed by atoms with Gasteiger partial charge in [-0.05, 0) is 24.7 Å². The predicted molar refractivity (Wildman–Crippen MR) is 115 cm³/mol. The van der Waals surface area contributed by atoms with Gasteiger partial charge >= 0.3 is 19.8 Å². The highest BCUT2D eigenvalue weighted by Gasteiger charge is 2.00. The molecule has 0 aliphatic carbocycles. The largest absolute Gasteiger partial charge is 0.481 e. The summed E-state index contributed by atoms with van der Waals surface area (Å²) in [5.74, 6) is 0.228. The van der Waals surface area contributed by atoms with Gasteiger partial charge in [-0.25, -0.2) is 4.57 Å².